The zero-order valence-corrected chi connectivity index (χ0v) is 15.1. The summed E-state index contributed by atoms with van der Waals surface area (Å²) in [7, 11) is -4.01. The Bertz CT molecular complexity index is 876. The predicted molar refractivity (Wildman–Crippen MR) is 89.8 cm³/mol. The Balaban J connectivity index is 1.75. The smallest absolute Gasteiger partial charge is 0.340 e. The van der Waals surface area contributed by atoms with E-state index in [9.17, 15) is 13.2 Å². The van der Waals surface area contributed by atoms with E-state index in [0.29, 0.717) is 0 Å². The number of aromatic carboxylic acids is 1. The zero-order chi connectivity index (χ0) is 17.5. The van der Waals surface area contributed by atoms with Gasteiger partial charge in [0.2, 0.25) is 5.09 Å². The fraction of sp³-hybridized carbons (Fsp3) is 0.438. The molecule has 3 rings (SSSR count). The van der Waals surface area contributed by atoms with Gasteiger partial charge in [0.05, 0.1) is 6.26 Å². The monoisotopic (exact) mass is 369 g/mol. The van der Waals surface area contributed by atoms with Gasteiger partial charge in [-0.1, -0.05) is 13.8 Å². The normalized spacial score (nSPS) is 16.8. The number of thiophene rings is 1. The third-order valence-corrected chi connectivity index (χ3v) is 6.75. The van der Waals surface area contributed by atoms with Crippen molar-refractivity contribution < 1.29 is 22.7 Å². The minimum absolute atomic E-state index is 0.125. The molecule has 1 aliphatic carbocycles. The fourth-order valence-corrected chi connectivity index (χ4v) is 5.25. The second-order valence-electron chi connectivity index (χ2n) is 6.75. The highest BCUT2D eigenvalue weighted by Crippen LogP contribution is 2.38. The minimum atomic E-state index is -4.01. The molecule has 0 saturated carbocycles. The Morgan fingerprint density at radius 1 is 1.46 bits per heavy atom. The third kappa shape index (κ3) is 3.40. The molecule has 0 fully saturated rings. The number of sulfonamides is 1. The van der Waals surface area contributed by atoms with Gasteiger partial charge in [-0.2, -0.15) is 0 Å². The van der Waals surface area contributed by atoms with Crippen molar-refractivity contribution in [3.8, 4) is 0 Å². The van der Waals surface area contributed by atoms with Gasteiger partial charge in [-0.25, -0.2) is 17.9 Å². The quantitative estimate of drug-likeness (QED) is 0.844. The van der Waals surface area contributed by atoms with E-state index in [1.54, 1.807) is 11.3 Å². The topological polar surface area (TPSA) is 96.6 Å². The number of aryl methyl sites for hydroxylation is 1. The Labute approximate surface area is 144 Å². The van der Waals surface area contributed by atoms with Crippen LogP contribution in [-0.4, -0.2) is 19.5 Å². The highest BCUT2D eigenvalue weighted by atomic mass is 32.2. The van der Waals surface area contributed by atoms with E-state index in [1.807, 2.05) is 6.07 Å². The summed E-state index contributed by atoms with van der Waals surface area (Å²) in [5.41, 5.74) is 1.19. The van der Waals surface area contributed by atoms with E-state index < -0.39 is 21.1 Å². The summed E-state index contributed by atoms with van der Waals surface area (Å²) in [4.78, 5) is 13.3. The molecule has 2 heterocycles. The van der Waals surface area contributed by atoms with Crippen molar-refractivity contribution in [1.82, 2.24) is 4.72 Å². The SMILES string of the molecule is CC1(C)CCc2sc(CNS(=O)(=O)c3occc3C(=O)O)cc2C1. The van der Waals surface area contributed by atoms with Crippen molar-refractivity contribution in [3.63, 3.8) is 0 Å². The summed E-state index contributed by atoms with van der Waals surface area (Å²) in [5.74, 6) is -1.34. The molecule has 2 aromatic heterocycles. The molecule has 0 radical (unpaired) electrons. The maximum absolute atomic E-state index is 12.3. The van der Waals surface area contributed by atoms with E-state index in [2.05, 4.69) is 18.6 Å². The average Bonchev–Trinajstić information content (AvgIpc) is 3.10. The number of rotatable bonds is 5. The number of carbonyl (C=O) groups is 1. The number of fused-ring (bicyclic) bond motifs is 1. The van der Waals surface area contributed by atoms with Crippen molar-refractivity contribution in [1.29, 1.82) is 0 Å². The summed E-state index contributed by atoms with van der Waals surface area (Å²) in [6, 6.07) is 3.17. The van der Waals surface area contributed by atoms with Crippen LogP contribution in [0.3, 0.4) is 0 Å². The number of hydrogen-bond acceptors (Lipinski definition) is 5. The van der Waals surface area contributed by atoms with Crippen LogP contribution in [-0.2, 0) is 29.4 Å². The lowest BCUT2D eigenvalue weighted by molar-refractivity contribution is 0.0689. The van der Waals surface area contributed by atoms with E-state index in [-0.39, 0.29) is 17.5 Å². The molecule has 0 aliphatic heterocycles. The van der Waals surface area contributed by atoms with E-state index in [1.165, 1.54) is 10.4 Å². The number of nitrogens with one attached hydrogen (secondary N) is 1. The van der Waals surface area contributed by atoms with Gasteiger partial charge in [-0.15, -0.1) is 11.3 Å². The van der Waals surface area contributed by atoms with Gasteiger partial charge in [0.15, 0.2) is 0 Å². The third-order valence-electron chi connectivity index (χ3n) is 4.19. The molecule has 1 aliphatic rings. The van der Waals surface area contributed by atoms with Crippen molar-refractivity contribution in [3.05, 3.63) is 39.3 Å². The first-order valence-electron chi connectivity index (χ1n) is 7.59. The van der Waals surface area contributed by atoms with Crippen LogP contribution in [0.2, 0.25) is 0 Å². The number of carboxylic acid groups (broad SMARTS) is 1. The van der Waals surface area contributed by atoms with Gasteiger partial charge in [-0.3, -0.25) is 0 Å². The molecule has 0 aromatic carbocycles. The number of furan rings is 1. The van der Waals surface area contributed by atoms with Crippen LogP contribution in [0.5, 0.6) is 0 Å². The molecule has 0 saturated heterocycles. The van der Waals surface area contributed by atoms with Gasteiger partial charge >= 0.3 is 5.97 Å². The van der Waals surface area contributed by atoms with Crippen LogP contribution in [0.25, 0.3) is 0 Å². The lowest BCUT2D eigenvalue weighted by atomic mass is 9.77. The van der Waals surface area contributed by atoms with Crippen LogP contribution in [0.4, 0.5) is 0 Å². The highest BCUT2D eigenvalue weighted by molar-refractivity contribution is 7.89. The highest BCUT2D eigenvalue weighted by Gasteiger charge is 2.28. The maximum atomic E-state index is 12.3. The Hall–Kier alpha value is -1.64. The van der Waals surface area contributed by atoms with Crippen LogP contribution < -0.4 is 4.72 Å². The summed E-state index contributed by atoms with van der Waals surface area (Å²) in [6.07, 6.45) is 4.19. The molecule has 2 N–H and O–H groups in total. The maximum Gasteiger partial charge on any atom is 0.340 e. The van der Waals surface area contributed by atoms with Crippen molar-refractivity contribution >= 4 is 27.3 Å². The summed E-state index contributed by atoms with van der Waals surface area (Å²) < 4.78 is 31.8. The fourth-order valence-electron chi connectivity index (χ4n) is 2.93. The molecular formula is C16H19NO5S2. The second-order valence-corrected chi connectivity index (χ2v) is 9.64. The first-order valence-corrected chi connectivity index (χ1v) is 9.89. The van der Waals surface area contributed by atoms with Crippen LogP contribution >= 0.6 is 11.3 Å². The standard InChI is InChI=1S/C16H19NO5S2/c1-16(2)5-3-13-10(8-16)7-11(23-13)9-17-24(20,21)15-12(14(18)19)4-6-22-15/h4,6-7,17H,3,5,8-9H2,1-2H3,(H,18,19). The molecule has 8 heteroatoms. The van der Waals surface area contributed by atoms with Gasteiger partial charge in [0.25, 0.3) is 10.0 Å². The first kappa shape index (κ1) is 17.2. The van der Waals surface area contributed by atoms with E-state index in [0.717, 1.165) is 36.5 Å². The van der Waals surface area contributed by atoms with Crippen molar-refractivity contribution in [2.45, 2.75) is 44.7 Å². The second kappa shape index (κ2) is 6.02. The summed E-state index contributed by atoms with van der Waals surface area (Å²) >= 11 is 1.61. The Morgan fingerprint density at radius 3 is 2.92 bits per heavy atom. The average molecular weight is 369 g/mol. The molecule has 6 nitrogen and oxygen atoms in total. The molecule has 2 aromatic rings. The molecule has 0 unspecified atom stereocenters. The largest absolute Gasteiger partial charge is 0.478 e. The van der Waals surface area contributed by atoms with Gasteiger partial charge in [0.1, 0.15) is 5.56 Å². The molecule has 0 bridgehead atoms. The van der Waals surface area contributed by atoms with E-state index >= 15 is 0 Å². The molecule has 24 heavy (non-hydrogen) atoms. The molecule has 0 amide bonds. The Morgan fingerprint density at radius 2 is 2.21 bits per heavy atom. The van der Waals surface area contributed by atoms with Crippen LogP contribution in [0.15, 0.2) is 27.9 Å². The van der Waals surface area contributed by atoms with Crippen molar-refractivity contribution in [2.75, 3.05) is 0 Å². The minimum Gasteiger partial charge on any atom is -0.478 e. The van der Waals surface area contributed by atoms with Crippen LogP contribution in [0.1, 0.15) is 45.9 Å². The molecule has 0 atom stereocenters. The number of carboxylic acids is 1. The van der Waals surface area contributed by atoms with Gasteiger partial charge in [0, 0.05) is 16.3 Å². The molecule has 130 valence electrons. The van der Waals surface area contributed by atoms with Crippen LogP contribution in [0, 0.1) is 5.41 Å². The lowest BCUT2D eigenvalue weighted by Crippen LogP contribution is -2.24. The summed E-state index contributed by atoms with van der Waals surface area (Å²) in [5, 5.41) is 8.45. The van der Waals surface area contributed by atoms with Gasteiger partial charge < -0.3 is 9.52 Å². The molecular weight excluding hydrogens is 350 g/mol. The predicted octanol–water partition coefficient (Wildman–Crippen LogP) is 3.03. The number of hydrogen-bond donors (Lipinski definition) is 2. The lowest BCUT2D eigenvalue weighted by Gasteiger charge is -2.29. The van der Waals surface area contributed by atoms with E-state index in [4.69, 9.17) is 9.52 Å². The van der Waals surface area contributed by atoms with Gasteiger partial charge in [-0.05, 0) is 42.4 Å². The molecule has 0 spiro atoms. The zero-order valence-electron chi connectivity index (χ0n) is 13.5. The van der Waals surface area contributed by atoms with Crippen molar-refractivity contribution in [2.24, 2.45) is 5.41 Å². The Kier molecular flexibility index (Phi) is 4.31. The first-order chi connectivity index (χ1) is 11.2. The summed E-state index contributed by atoms with van der Waals surface area (Å²) in [6.45, 7) is 4.60.